The highest BCUT2D eigenvalue weighted by Crippen LogP contribution is 2.28. The molecule has 0 unspecified atom stereocenters. The molecule has 1 N–H and O–H groups in total. The third kappa shape index (κ3) is 4.83. The quantitative estimate of drug-likeness (QED) is 0.477. The van der Waals surface area contributed by atoms with E-state index in [1.807, 2.05) is 18.2 Å². The van der Waals surface area contributed by atoms with E-state index in [0.29, 0.717) is 11.3 Å². The van der Waals surface area contributed by atoms with Gasteiger partial charge in [-0.25, -0.2) is 4.79 Å². The van der Waals surface area contributed by atoms with Crippen molar-refractivity contribution in [3.63, 3.8) is 0 Å². The van der Waals surface area contributed by atoms with Crippen LogP contribution in [0.2, 0.25) is 0 Å². The van der Waals surface area contributed by atoms with Crippen LogP contribution in [0.3, 0.4) is 0 Å². The van der Waals surface area contributed by atoms with E-state index >= 15 is 0 Å². The van der Waals surface area contributed by atoms with E-state index in [1.165, 1.54) is 30.9 Å². The van der Waals surface area contributed by atoms with Crippen LogP contribution in [-0.4, -0.2) is 42.0 Å². The van der Waals surface area contributed by atoms with Crippen molar-refractivity contribution >= 4 is 17.3 Å². The van der Waals surface area contributed by atoms with Crippen molar-refractivity contribution in [3.8, 4) is 0 Å². The molecule has 0 amide bonds. The second-order valence-corrected chi connectivity index (χ2v) is 6.66. The van der Waals surface area contributed by atoms with Gasteiger partial charge in [-0.2, -0.15) is 0 Å². The lowest BCUT2D eigenvalue weighted by molar-refractivity contribution is -0.384. The minimum absolute atomic E-state index is 0.0330. The first kappa shape index (κ1) is 18.8. The molecule has 0 bridgehead atoms. The Morgan fingerprint density at radius 1 is 1.22 bits per heavy atom. The maximum atomic E-state index is 11.7. The molecule has 0 atom stereocenters. The summed E-state index contributed by atoms with van der Waals surface area (Å²) >= 11 is 0. The highest BCUT2D eigenvalue weighted by atomic mass is 16.6. The lowest BCUT2D eigenvalue weighted by atomic mass is 10.0. The standard InChI is InChI=1S/C20H23N3O4/c1-27-20(24)16-7-8-19(23(25)26)18(13-16)21-17-9-11-22(12-10-17)14-15-5-3-2-4-6-15/h2-8,13,17,21H,9-12,14H2,1H3. The van der Waals surface area contributed by atoms with Crippen LogP contribution in [0.1, 0.15) is 28.8 Å². The van der Waals surface area contributed by atoms with Crippen LogP contribution in [0, 0.1) is 10.1 Å². The van der Waals surface area contributed by atoms with Crippen molar-refractivity contribution in [2.75, 3.05) is 25.5 Å². The van der Waals surface area contributed by atoms with Gasteiger partial charge in [-0.05, 0) is 30.5 Å². The van der Waals surface area contributed by atoms with Crippen molar-refractivity contribution in [2.45, 2.75) is 25.4 Å². The topological polar surface area (TPSA) is 84.7 Å². The van der Waals surface area contributed by atoms with Crippen molar-refractivity contribution < 1.29 is 14.5 Å². The molecular formula is C20H23N3O4. The number of likely N-dealkylation sites (tertiary alicyclic amines) is 1. The molecule has 7 nitrogen and oxygen atoms in total. The third-order valence-electron chi connectivity index (χ3n) is 4.81. The molecular weight excluding hydrogens is 346 g/mol. The number of benzene rings is 2. The van der Waals surface area contributed by atoms with Gasteiger partial charge in [0.05, 0.1) is 17.6 Å². The van der Waals surface area contributed by atoms with Gasteiger partial charge >= 0.3 is 5.97 Å². The molecule has 7 heteroatoms. The molecule has 0 aliphatic carbocycles. The molecule has 1 fully saturated rings. The van der Waals surface area contributed by atoms with Crippen LogP contribution < -0.4 is 5.32 Å². The summed E-state index contributed by atoms with van der Waals surface area (Å²) in [6, 6.07) is 14.7. The lowest BCUT2D eigenvalue weighted by Gasteiger charge is -2.32. The normalized spacial score (nSPS) is 15.3. The minimum Gasteiger partial charge on any atom is -0.465 e. The maximum Gasteiger partial charge on any atom is 0.337 e. The fourth-order valence-corrected chi connectivity index (χ4v) is 3.35. The fourth-order valence-electron chi connectivity index (χ4n) is 3.35. The molecule has 3 rings (SSSR count). The Labute approximate surface area is 158 Å². The molecule has 0 saturated carbocycles. The maximum absolute atomic E-state index is 11.7. The number of carbonyl (C=O) groups excluding carboxylic acids is 1. The second-order valence-electron chi connectivity index (χ2n) is 6.66. The Balaban J connectivity index is 1.64. The van der Waals surface area contributed by atoms with Gasteiger partial charge in [-0.3, -0.25) is 15.0 Å². The summed E-state index contributed by atoms with van der Waals surface area (Å²) < 4.78 is 4.71. The van der Waals surface area contributed by atoms with E-state index in [9.17, 15) is 14.9 Å². The molecule has 0 aromatic heterocycles. The number of nitrogens with zero attached hydrogens (tertiary/aromatic N) is 2. The highest BCUT2D eigenvalue weighted by Gasteiger charge is 2.23. The Kier molecular flexibility index (Phi) is 6.03. The first-order valence-corrected chi connectivity index (χ1v) is 8.96. The number of nitro groups is 1. The predicted octanol–water partition coefficient (Wildman–Crippen LogP) is 3.46. The summed E-state index contributed by atoms with van der Waals surface area (Å²) in [7, 11) is 1.29. The smallest absolute Gasteiger partial charge is 0.337 e. The zero-order chi connectivity index (χ0) is 19.2. The second kappa shape index (κ2) is 8.64. The molecule has 27 heavy (non-hydrogen) atoms. The average molecular weight is 369 g/mol. The van der Waals surface area contributed by atoms with Crippen LogP contribution in [0.5, 0.6) is 0 Å². The van der Waals surface area contributed by atoms with E-state index in [0.717, 1.165) is 32.5 Å². The number of nitro benzene ring substituents is 1. The van der Waals surface area contributed by atoms with E-state index in [2.05, 4.69) is 22.3 Å². The van der Waals surface area contributed by atoms with E-state index in [-0.39, 0.29) is 11.7 Å². The van der Waals surface area contributed by atoms with E-state index in [1.54, 1.807) is 0 Å². The number of methoxy groups -OCH3 is 1. The van der Waals surface area contributed by atoms with Crippen molar-refractivity contribution in [1.29, 1.82) is 0 Å². The van der Waals surface area contributed by atoms with Gasteiger partial charge in [0.25, 0.3) is 5.69 Å². The molecule has 0 spiro atoms. The molecule has 1 aliphatic rings. The minimum atomic E-state index is -0.509. The lowest BCUT2D eigenvalue weighted by Crippen LogP contribution is -2.38. The van der Waals surface area contributed by atoms with Gasteiger partial charge < -0.3 is 10.1 Å². The van der Waals surface area contributed by atoms with Crippen molar-refractivity contribution in [1.82, 2.24) is 4.90 Å². The summed E-state index contributed by atoms with van der Waals surface area (Å²) in [6.07, 6.45) is 1.76. The predicted molar refractivity (Wildman–Crippen MR) is 103 cm³/mol. The van der Waals surface area contributed by atoms with Crippen LogP contribution >= 0.6 is 0 Å². The zero-order valence-corrected chi connectivity index (χ0v) is 15.3. The first-order valence-electron chi connectivity index (χ1n) is 8.96. The Morgan fingerprint density at radius 3 is 2.56 bits per heavy atom. The number of ether oxygens (including phenoxy) is 1. The average Bonchev–Trinajstić information content (AvgIpc) is 2.69. The number of nitrogens with one attached hydrogen (secondary N) is 1. The Bertz CT molecular complexity index is 802. The van der Waals surface area contributed by atoms with Crippen LogP contribution in [0.4, 0.5) is 11.4 Å². The van der Waals surface area contributed by atoms with Gasteiger partial charge in [-0.15, -0.1) is 0 Å². The van der Waals surface area contributed by atoms with Gasteiger partial charge in [0.2, 0.25) is 0 Å². The molecule has 1 saturated heterocycles. The van der Waals surface area contributed by atoms with Gasteiger partial charge in [0.1, 0.15) is 5.69 Å². The van der Waals surface area contributed by atoms with Gasteiger partial charge in [-0.1, -0.05) is 30.3 Å². The van der Waals surface area contributed by atoms with E-state index in [4.69, 9.17) is 4.74 Å². The molecule has 1 heterocycles. The summed E-state index contributed by atoms with van der Waals surface area (Å²) in [5.41, 5.74) is 1.91. The number of hydrogen-bond acceptors (Lipinski definition) is 6. The largest absolute Gasteiger partial charge is 0.465 e. The number of carbonyl (C=O) groups is 1. The van der Waals surface area contributed by atoms with Gasteiger partial charge in [0.15, 0.2) is 0 Å². The summed E-state index contributed by atoms with van der Waals surface area (Å²) in [6.45, 7) is 2.74. The number of piperidine rings is 1. The van der Waals surface area contributed by atoms with Crippen LogP contribution in [-0.2, 0) is 11.3 Å². The Morgan fingerprint density at radius 2 is 1.93 bits per heavy atom. The van der Waals surface area contributed by atoms with Crippen LogP contribution in [0.15, 0.2) is 48.5 Å². The summed E-state index contributed by atoms with van der Waals surface area (Å²) in [5, 5.41) is 14.6. The molecule has 2 aromatic rings. The highest BCUT2D eigenvalue weighted by molar-refractivity contribution is 5.91. The number of hydrogen-bond donors (Lipinski definition) is 1. The molecule has 0 radical (unpaired) electrons. The Hall–Kier alpha value is -2.93. The monoisotopic (exact) mass is 369 g/mol. The number of esters is 1. The summed E-state index contributed by atoms with van der Waals surface area (Å²) in [5.74, 6) is -0.509. The molecule has 142 valence electrons. The SMILES string of the molecule is COC(=O)c1ccc([N+](=O)[O-])c(NC2CCN(Cc3ccccc3)CC2)c1. The van der Waals surface area contributed by atoms with Crippen molar-refractivity contribution in [3.05, 3.63) is 69.8 Å². The number of rotatable bonds is 6. The third-order valence-corrected chi connectivity index (χ3v) is 4.81. The first-order chi connectivity index (χ1) is 13.1. The number of anilines is 1. The van der Waals surface area contributed by atoms with E-state index < -0.39 is 10.9 Å². The zero-order valence-electron chi connectivity index (χ0n) is 15.3. The molecule has 1 aliphatic heterocycles. The molecule has 2 aromatic carbocycles. The fraction of sp³-hybridized carbons (Fsp3) is 0.350. The van der Waals surface area contributed by atoms with Crippen LogP contribution in [0.25, 0.3) is 0 Å². The summed E-state index contributed by atoms with van der Waals surface area (Å²) in [4.78, 5) is 25.0. The van der Waals surface area contributed by atoms with Crippen molar-refractivity contribution in [2.24, 2.45) is 0 Å². The van der Waals surface area contributed by atoms with Gasteiger partial charge in [0, 0.05) is 31.7 Å².